The van der Waals surface area contributed by atoms with E-state index >= 15 is 0 Å². The van der Waals surface area contributed by atoms with Crippen molar-refractivity contribution in [3.05, 3.63) is 17.7 Å². The minimum atomic E-state index is -0.0223. The lowest BCUT2D eigenvalue weighted by molar-refractivity contribution is -0.130. The first-order chi connectivity index (χ1) is 10.1. The zero-order valence-electron chi connectivity index (χ0n) is 11.9. The summed E-state index contributed by atoms with van der Waals surface area (Å²) in [6.07, 6.45) is 3.73. The van der Waals surface area contributed by atoms with E-state index in [9.17, 15) is 9.59 Å². The lowest BCUT2D eigenvalue weighted by Gasteiger charge is -2.27. The molecule has 1 saturated heterocycles. The van der Waals surface area contributed by atoms with Gasteiger partial charge in [-0.25, -0.2) is 0 Å². The Bertz CT molecular complexity index is 579. The number of amides is 2. The molecule has 0 atom stereocenters. The van der Waals surface area contributed by atoms with E-state index in [-0.39, 0.29) is 18.4 Å². The lowest BCUT2D eigenvalue weighted by Crippen LogP contribution is -2.39. The molecular weight excluding hydrogens is 268 g/mol. The maximum atomic E-state index is 12.1. The zero-order valence-corrected chi connectivity index (χ0v) is 11.9. The molecule has 6 heteroatoms. The van der Waals surface area contributed by atoms with Crippen molar-refractivity contribution in [2.45, 2.75) is 25.7 Å². The predicted octanol–water partition coefficient (Wildman–Crippen LogP) is 1.19. The van der Waals surface area contributed by atoms with Crippen LogP contribution in [0.3, 0.4) is 0 Å². The van der Waals surface area contributed by atoms with E-state index in [2.05, 4.69) is 10.6 Å². The highest BCUT2D eigenvalue weighted by atomic mass is 16.2. The van der Waals surface area contributed by atoms with E-state index in [1.807, 2.05) is 4.90 Å². The number of nitrogens with two attached hydrogens (primary N) is 1. The minimum Gasteiger partial charge on any atom is -0.397 e. The van der Waals surface area contributed by atoms with Crippen molar-refractivity contribution < 1.29 is 9.59 Å². The molecular formula is C15H20N4O2. The Labute approximate surface area is 123 Å². The molecule has 2 aliphatic rings. The van der Waals surface area contributed by atoms with Gasteiger partial charge in [-0.3, -0.25) is 9.59 Å². The van der Waals surface area contributed by atoms with Crippen LogP contribution in [-0.4, -0.2) is 36.3 Å². The highest BCUT2D eigenvalue weighted by Gasteiger charge is 2.20. The van der Waals surface area contributed by atoms with Crippen molar-refractivity contribution in [3.63, 3.8) is 0 Å². The van der Waals surface area contributed by atoms with Crippen LogP contribution in [-0.2, 0) is 16.0 Å². The van der Waals surface area contributed by atoms with E-state index in [1.54, 1.807) is 12.1 Å². The largest absolute Gasteiger partial charge is 0.397 e. The van der Waals surface area contributed by atoms with Crippen LogP contribution in [0.25, 0.3) is 0 Å². The molecule has 6 nitrogen and oxygen atoms in total. The number of hydrogen-bond acceptors (Lipinski definition) is 4. The van der Waals surface area contributed by atoms with Gasteiger partial charge in [0.05, 0.1) is 24.3 Å². The second-order valence-corrected chi connectivity index (χ2v) is 5.62. The van der Waals surface area contributed by atoms with Gasteiger partial charge in [-0.15, -0.1) is 0 Å². The van der Waals surface area contributed by atoms with E-state index in [1.165, 1.54) is 6.42 Å². The average Bonchev–Trinajstić information content (AvgIpc) is 2.84. The third kappa shape index (κ3) is 2.94. The molecule has 0 aliphatic carbocycles. The fourth-order valence-corrected chi connectivity index (χ4v) is 2.87. The van der Waals surface area contributed by atoms with Crippen LogP contribution in [0.2, 0.25) is 0 Å². The number of fused-ring (bicyclic) bond motifs is 1. The van der Waals surface area contributed by atoms with Crippen molar-refractivity contribution in [2.24, 2.45) is 0 Å². The average molecular weight is 288 g/mol. The quantitative estimate of drug-likeness (QED) is 0.729. The topological polar surface area (TPSA) is 87.5 Å². The van der Waals surface area contributed by atoms with Gasteiger partial charge in [-0.2, -0.15) is 0 Å². The van der Waals surface area contributed by atoms with Crippen LogP contribution in [0.15, 0.2) is 12.1 Å². The van der Waals surface area contributed by atoms with Crippen molar-refractivity contribution in [2.75, 3.05) is 36.0 Å². The Morgan fingerprint density at radius 1 is 1.29 bits per heavy atom. The Hall–Kier alpha value is -2.24. The summed E-state index contributed by atoms with van der Waals surface area (Å²) in [5, 5.41) is 5.87. The summed E-state index contributed by atoms with van der Waals surface area (Å²) in [4.78, 5) is 25.4. The molecule has 2 amide bonds. The van der Waals surface area contributed by atoms with E-state index < -0.39 is 0 Å². The van der Waals surface area contributed by atoms with E-state index in [0.29, 0.717) is 17.8 Å². The van der Waals surface area contributed by atoms with Crippen LogP contribution >= 0.6 is 0 Å². The molecule has 1 fully saturated rings. The molecule has 1 aromatic carbocycles. The first-order valence-corrected chi connectivity index (χ1v) is 7.37. The van der Waals surface area contributed by atoms with Crippen LogP contribution in [0, 0.1) is 0 Å². The molecule has 112 valence electrons. The van der Waals surface area contributed by atoms with E-state index in [0.717, 1.165) is 37.2 Å². The second kappa shape index (κ2) is 5.63. The molecule has 0 aromatic heterocycles. The number of rotatable bonds is 3. The lowest BCUT2D eigenvalue weighted by atomic mass is 10.1. The SMILES string of the molecule is Nc1cc2c(cc1NCC(=O)N1CCCCC1)NC(=O)C2. The minimum absolute atomic E-state index is 0.0223. The van der Waals surface area contributed by atoms with Crippen molar-refractivity contribution in [1.82, 2.24) is 4.90 Å². The molecule has 1 aromatic rings. The Morgan fingerprint density at radius 2 is 2.05 bits per heavy atom. The third-order valence-corrected chi connectivity index (χ3v) is 4.04. The summed E-state index contributed by atoms with van der Waals surface area (Å²) in [7, 11) is 0. The maximum Gasteiger partial charge on any atom is 0.241 e. The highest BCUT2D eigenvalue weighted by molar-refractivity contribution is 6.01. The molecule has 2 heterocycles. The molecule has 3 rings (SSSR count). The standard InChI is InChI=1S/C15H20N4O2/c16-11-6-10-7-14(20)18-12(10)8-13(11)17-9-15(21)19-4-2-1-3-5-19/h6,8,17H,1-5,7,9,16H2,(H,18,20). The molecule has 0 saturated carbocycles. The summed E-state index contributed by atoms with van der Waals surface area (Å²) >= 11 is 0. The fourth-order valence-electron chi connectivity index (χ4n) is 2.87. The first-order valence-electron chi connectivity index (χ1n) is 7.37. The number of piperidine rings is 1. The molecule has 0 radical (unpaired) electrons. The predicted molar refractivity (Wildman–Crippen MR) is 82.1 cm³/mol. The summed E-state index contributed by atoms with van der Waals surface area (Å²) in [5.74, 6) is 0.0737. The van der Waals surface area contributed by atoms with Crippen molar-refractivity contribution >= 4 is 28.9 Å². The summed E-state index contributed by atoms with van der Waals surface area (Å²) < 4.78 is 0. The molecule has 0 unspecified atom stereocenters. The molecule has 0 spiro atoms. The van der Waals surface area contributed by atoms with Crippen LogP contribution in [0.5, 0.6) is 0 Å². The Morgan fingerprint density at radius 3 is 2.81 bits per heavy atom. The highest BCUT2D eigenvalue weighted by Crippen LogP contribution is 2.31. The molecule has 0 bridgehead atoms. The van der Waals surface area contributed by atoms with Gasteiger partial charge in [0.25, 0.3) is 0 Å². The maximum absolute atomic E-state index is 12.1. The van der Waals surface area contributed by atoms with Gasteiger partial charge < -0.3 is 21.3 Å². The summed E-state index contributed by atoms with van der Waals surface area (Å²) in [5.41, 5.74) is 8.93. The van der Waals surface area contributed by atoms with Crippen LogP contribution in [0.1, 0.15) is 24.8 Å². The van der Waals surface area contributed by atoms with E-state index in [4.69, 9.17) is 5.73 Å². The third-order valence-electron chi connectivity index (χ3n) is 4.04. The zero-order chi connectivity index (χ0) is 14.8. The van der Waals surface area contributed by atoms with Gasteiger partial charge in [0, 0.05) is 18.8 Å². The number of hydrogen-bond donors (Lipinski definition) is 3. The number of carbonyl (C=O) groups is 2. The number of nitrogens with one attached hydrogen (secondary N) is 2. The Kier molecular flexibility index (Phi) is 3.68. The molecule has 2 aliphatic heterocycles. The Balaban J connectivity index is 1.64. The van der Waals surface area contributed by atoms with Crippen LogP contribution in [0.4, 0.5) is 17.1 Å². The van der Waals surface area contributed by atoms with Gasteiger partial charge in [0.15, 0.2) is 0 Å². The number of nitrogens with zero attached hydrogens (tertiary/aromatic N) is 1. The second-order valence-electron chi connectivity index (χ2n) is 5.62. The molecule has 21 heavy (non-hydrogen) atoms. The number of anilines is 3. The number of nitrogen functional groups attached to an aromatic ring is 1. The normalized spacial score (nSPS) is 17.3. The van der Waals surface area contributed by atoms with Crippen molar-refractivity contribution in [1.29, 1.82) is 0 Å². The van der Waals surface area contributed by atoms with Gasteiger partial charge >= 0.3 is 0 Å². The van der Waals surface area contributed by atoms with Gasteiger partial charge in [-0.1, -0.05) is 0 Å². The van der Waals surface area contributed by atoms with Crippen molar-refractivity contribution in [3.8, 4) is 0 Å². The smallest absolute Gasteiger partial charge is 0.241 e. The van der Waals surface area contributed by atoms with Crippen LogP contribution < -0.4 is 16.4 Å². The number of benzene rings is 1. The van der Waals surface area contributed by atoms with Gasteiger partial charge in [-0.05, 0) is 37.0 Å². The van der Waals surface area contributed by atoms with Gasteiger partial charge in [0.2, 0.25) is 11.8 Å². The summed E-state index contributed by atoms with van der Waals surface area (Å²) in [6.45, 7) is 1.92. The number of likely N-dealkylation sites (tertiary alicyclic amines) is 1. The number of carbonyl (C=O) groups excluding carboxylic acids is 2. The first kappa shape index (κ1) is 13.7. The van der Waals surface area contributed by atoms with Gasteiger partial charge in [0.1, 0.15) is 0 Å². The molecule has 4 N–H and O–H groups in total. The monoisotopic (exact) mass is 288 g/mol. The summed E-state index contributed by atoms with van der Waals surface area (Å²) in [6, 6.07) is 3.60. The fraction of sp³-hybridized carbons (Fsp3) is 0.467.